The van der Waals surface area contributed by atoms with Gasteiger partial charge in [-0.05, 0) is 41.2 Å². The van der Waals surface area contributed by atoms with Crippen molar-refractivity contribution >= 4 is 28.1 Å². The maximum Gasteiger partial charge on any atom is 0.269 e. The molecule has 0 fully saturated rings. The highest BCUT2D eigenvalue weighted by Crippen LogP contribution is 2.50. The maximum absolute atomic E-state index is 13.3. The minimum absolute atomic E-state index is 0.0247. The molecule has 2 aliphatic rings. The number of nitrogens with one attached hydrogen (secondary N) is 1. The van der Waals surface area contributed by atoms with E-state index in [1.807, 2.05) is 30.3 Å². The van der Waals surface area contributed by atoms with Gasteiger partial charge in [-0.25, -0.2) is 0 Å². The van der Waals surface area contributed by atoms with Crippen molar-refractivity contribution in [1.82, 2.24) is 4.98 Å². The Bertz CT molecular complexity index is 1260. The highest BCUT2D eigenvalue weighted by Gasteiger charge is 2.41. The lowest BCUT2D eigenvalue weighted by Gasteiger charge is -2.39. The van der Waals surface area contributed by atoms with Gasteiger partial charge in [0.2, 0.25) is 0 Å². The molecule has 1 atom stereocenters. The number of Topliss-reactive ketones (excluding diaryl/α,β-unsaturated/α-hetero) is 1. The molecule has 0 saturated heterocycles. The molecule has 0 unspecified atom stereocenters. The number of hydrogen-bond acceptors (Lipinski definition) is 5. The van der Waals surface area contributed by atoms with Gasteiger partial charge in [-0.1, -0.05) is 32.0 Å². The second-order valence-corrected chi connectivity index (χ2v) is 8.84. The first kappa shape index (κ1) is 18.5. The number of nitro groups is 1. The van der Waals surface area contributed by atoms with Crippen molar-refractivity contribution in [2.24, 2.45) is 5.41 Å². The largest absolute Gasteiger partial charge is 0.358 e. The number of benzene rings is 2. The van der Waals surface area contributed by atoms with Crippen molar-refractivity contribution in [3.05, 3.63) is 87.2 Å². The molecule has 2 aromatic carbocycles. The summed E-state index contributed by atoms with van der Waals surface area (Å²) < 4.78 is 0. The van der Waals surface area contributed by atoms with Crippen LogP contribution >= 0.6 is 0 Å². The van der Waals surface area contributed by atoms with Crippen LogP contribution in [-0.2, 0) is 4.79 Å². The van der Waals surface area contributed by atoms with Crippen LogP contribution in [0, 0.1) is 15.5 Å². The summed E-state index contributed by atoms with van der Waals surface area (Å²) in [6.07, 6.45) is 2.95. The first-order chi connectivity index (χ1) is 14.3. The number of allylic oxidation sites excluding steroid dienone is 2. The SMILES string of the molecule is CC1(C)CC(=O)C2=C(C1)Nc1ccc3ncccc3c1[C@@H]2c1cccc([N+](=O)[O-])c1. The average molecular weight is 399 g/mol. The monoisotopic (exact) mass is 399 g/mol. The van der Waals surface area contributed by atoms with Crippen LogP contribution in [0.3, 0.4) is 0 Å². The topological polar surface area (TPSA) is 85.1 Å². The zero-order valence-corrected chi connectivity index (χ0v) is 16.8. The van der Waals surface area contributed by atoms with Gasteiger partial charge < -0.3 is 5.32 Å². The Morgan fingerprint density at radius 3 is 2.77 bits per heavy atom. The smallest absolute Gasteiger partial charge is 0.269 e. The van der Waals surface area contributed by atoms with Gasteiger partial charge in [0.05, 0.1) is 10.4 Å². The summed E-state index contributed by atoms with van der Waals surface area (Å²) in [6.45, 7) is 4.19. The zero-order valence-electron chi connectivity index (χ0n) is 16.8. The van der Waals surface area contributed by atoms with E-state index in [1.165, 1.54) is 6.07 Å². The summed E-state index contributed by atoms with van der Waals surface area (Å²) in [5.41, 5.74) is 5.00. The van der Waals surface area contributed by atoms with Crippen molar-refractivity contribution in [1.29, 1.82) is 0 Å². The molecule has 30 heavy (non-hydrogen) atoms. The summed E-state index contributed by atoms with van der Waals surface area (Å²) in [5, 5.41) is 15.9. The predicted molar refractivity (Wildman–Crippen MR) is 115 cm³/mol. The maximum atomic E-state index is 13.3. The molecule has 0 bridgehead atoms. The number of fused-ring (bicyclic) bond motifs is 3. The molecule has 0 spiro atoms. The quantitative estimate of drug-likeness (QED) is 0.464. The number of nitrogens with zero attached hydrogens (tertiary/aromatic N) is 2. The Hall–Kier alpha value is -3.54. The Morgan fingerprint density at radius 1 is 1.13 bits per heavy atom. The molecule has 1 N–H and O–H groups in total. The number of anilines is 1. The number of non-ortho nitro benzene ring substituents is 1. The minimum Gasteiger partial charge on any atom is -0.358 e. The van der Waals surface area contributed by atoms with E-state index in [4.69, 9.17) is 0 Å². The summed E-state index contributed by atoms with van der Waals surface area (Å²) in [5.74, 6) is -0.274. The number of rotatable bonds is 2. The standard InChI is InChI=1S/C24H21N3O3/c1-24(2)12-19-23(20(28)13-24)21(14-5-3-6-15(11-14)27(29)30)22-16-7-4-10-25-17(16)8-9-18(22)26-19/h3-11,21,26H,12-13H2,1-2H3/t21-/m0/s1. The fourth-order valence-corrected chi connectivity index (χ4v) is 4.83. The number of ketones is 1. The van der Waals surface area contributed by atoms with Gasteiger partial charge in [0.25, 0.3) is 5.69 Å². The van der Waals surface area contributed by atoms with Gasteiger partial charge in [0.1, 0.15) is 0 Å². The first-order valence-corrected chi connectivity index (χ1v) is 9.99. The lowest BCUT2D eigenvalue weighted by molar-refractivity contribution is -0.384. The molecule has 0 saturated carbocycles. The molecule has 150 valence electrons. The minimum atomic E-state index is -0.392. The van der Waals surface area contributed by atoms with Crippen molar-refractivity contribution in [2.75, 3.05) is 5.32 Å². The van der Waals surface area contributed by atoms with Crippen LogP contribution in [0.5, 0.6) is 0 Å². The average Bonchev–Trinajstić information content (AvgIpc) is 2.71. The molecule has 0 radical (unpaired) electrons. The highest BCUT2D eigenvalue weighted by molar-refractivity contribution is 6.04. The van der Waals surface area contributed by atoms with Crippen molar-refractivity contribution < 1.29 is 9.72 Å². The van der Waals surface area contributed by atoms with Gasteiger partial charge in [-0.2, -0.15) is 0 Å². The number of carbonyl (C=O) groups excluding carboxylic acids is 1. The second kappa shape index (κ2) is 6.49. The summed E-state index contributed by atoms with van der Waals surface area (Å²) >= 11 is 0. The molecule has 5 rings (SSSR count). The summed E-state index contributed by atoms with van der Waals surface area (Å²) in [7, 11) is 0. The van der Waals surface area contributed by atoms with Gasteiger partial charge >= 0.3 is 0 Å². The molecule has 1 aromatic heterocycles. The Labute approximate surface area is 173 Å². The normalized spacial score (nSPS) is 19.8. The van der Waals surface area contributed by atoms with E-state index >= 15 is 0 Å². The highest BCUT2D eigenvalue weighted by atomic mass is 16.6. The number of carbonyl (C=O) groups is 1. The summed E-state index contributed by atoms with van der Waals surface area (Å²) in [6, 6.07) is 14.5. The molecule has 6 nitrogen and oxygen atoms in total. The molecule has 2 heterocycles. The Morgan fingerprint density at radius 2 is 1.97 bits per heavy atom. The van der Waals surface area contributed by atoms with Gasteiger partial charge in [0, 0.05) is 53.0 Å². The van der Waals surface area contributed by atoms with Crippen LogP contribution in [-0.4, -0.2) is 15.7 Å². The van der Waals surface area contributed by atoms with E-state index in [0.29, 0.717) is 6.42 Å². The van der Waals surface area contributed by atoms with Gasteiger partial charge in [-0.3, -0.25) is 19.9 Å². The van der Waals surface area contributed by atoms with Crippen LogP contribution in [0.4, 0.5) is 11.4 Å². The van der Waals surface area contributed by atoms with Crippen molar-refractivity contribution in [2.45, 2.75) is 32.6 Å². The van der Waals surface area contributed by atoms with Crippen LogP contribution in [0.1, 0.15) is 43.7 Å². The molecule has 3 aromatic rings. The molecule has 1 aliphatic heterocycles. The van der Waals surface area contributed by atoms with E-state index in [2.05, 4.69) is 24.1 Å². The van der Waals surface area contributed by atoms with E-state index in [-0.39, 0.29) is 22.8 Å². The van der Waals surface area contributed by atoms with Gasteiger partial charge in [0.15, 0.2) is 5.78 Å². The van der Waals surface area contributed by atoms with Crippen LogP contribution in [0.2, 0.25) is 0 Å². The van der Waals surface area contributed by atoms with Crippen LogP contribution in [0.15, 0.2) is 66.0 Å². The second-order valence-electron chi connectivity index (χ2n) is 8.84. The molecule has 1 aliphatic carbocycles. The number of hydrogen-bond donors (Lipinski definition) is 1. The van der Waals surface area contributed by atoms with Gasteiger partial charge in [-0.15, -0.1) is 0 Å². The fourth-order valence-electron chi connectivity index (χ4n) is 4.83. The lowest BCUT2D eigenvalue weighted by atomic mass is 9.68. The van der Waals surface area contributed by atoms with Crippen LogP contribution in [0.25, 0.3) is 10.9 Å². The third-order valence-electron chi connectivity index (χ3n) is 6.02. The Balaban J connectivity index is 1.82. The molecular weight excluding hydrogens is 378 g/mol. The van der Waals surface area contributed by atoms with E-state index < -0.39 is 4.92 Å². The van der Waals surface area contributed by atoms with Crippen LogP contribution < -0.4 is 5.32 Å². The number of pyridine rings is 1. The molecule has 6 heteroatoms. The zero-order chi connectivity index (χ0) is 21.0. The third-order valence-corrected chi connectivity index (χ3v) is 6.02. The van der Waals surface area contributed by atoms with Crippen molar-refractivity contribution in [3.63, 3.8) is 0 Å². The third kappa shape index (κ3) is 2.87. The molecule has 0 amide bonds. The lowest BCUT2D eigenvalue weighted by Crippen LogP contribution is -2.33. The van der Waals surface area contributed by atoms with E-state index in [1.54, 1.807) is 18.3 Å². The van der Waals surface area contributed by atoms with E-state index in [0.717, 1.165) is 45.4 Å². The first-order valence-electron chi connectivity index (χ1n) is 9.99. The fraction of sp³-hybridized carbons (Fsp3) is 0.250. The predicted octanol–water partition coefficient (Wildman–Crippen LogP) is 5.34. The number of nitro benzene ring substituents is 1. The Kier molecular flexibility index (Phi) is 4.00. The summed E-state index contributed by atoms with van der Waals surface area (Å²) in [4.78, 5) is 28.9. The molecular formula is C24H21N3O3. The van der Waals surface area contributed by atoms with Crippen molar-refractivity contribution in [3.8, 4) is 0 Å². The number of aromatic nitrogens is 1. The van der Waals surface area contributed by atoms with E-state index in [9.17, 15) is 14.9 Å².